The maximum Gasteiger partial charge on any atom is 0.199 e. The van der Waals surface area contributed by atoms with Crippen molar-refractivity contribution in [3.63, 3.8) is 0 Å². The Labute approximate surface area is 125 Å². The summed E-state index contributed by atoms with van der Waals surface area (Å²) in [6.07, 6.45) is 1.48. The van der Waals surface area contributed by atoms with Gasteiger partial charge in [0.2, 0.25) is 0 Å². The van der Waals surface area contributed by atoms with E-state index < -0.39 is 5.82 Å². The van der Waals surface area contributed by atoms with Crippen LogP contribution in [0.5, 0.6) is 5.75 Å². The van der Waals surface area contributed by atoms with Crippen molar-refractivity contribution in [3.05, 3.63) is 41.1 Å². The maximum absolute atomic E-state index is 14.3. The standard InChI is InChI=1S/C14H10ClFN4O/c15-13-12-14(19-8-18-13)20(5-6-21-12)11-2-1-9(3-4-17)7-10(11)16/h1-2,7-8H,3,5-6H2. The highest BCUT2D eigenvalue weighted by Crippen LogP contribution is 2.39. The molecule has 0 saturated heterocycles. The minimum absolute atomic E-state index is 0.172. The zero-order valence-electron chi connectivity index (χ0n) is 10.9. The first-order valence-electron chi connectivity index (χ1n) is 6.27. The molecule has 0 N–H and O–H groups in total. The molecule has 106 valence electrons. The number of anilines is 2. The Morgan fingerprint density at radius 2 is 2.29 bits per heavy atom. The van der Waals surface area contributed by atoms with Crippen molar-refractivity contribution in [3.8, 4) is 11.8 Å². The van der Waals surface area contributed by atoms with Crippen LogP contribution in [0.15, 0.2) is 24.5 Å². The monoisotopic (exact) mass is 304 g/mol. The summed E-state index contributed by atoms with van der Waals surface area (Å²) in [6, 6.07) is 6.71. The van der Waals surface area contributed by atoms with E-state index in [0.29, 0.717) is 36.0 Å². The minimum Gasteiger partial charge on any atom is -0.485 e. The molecule has 0 fully saturated rings. The molecule has 2 aromatic rings. The van der Waals surface area contributed by atoms with E-state index in [4.69, 9.17) is 21.6 Å². The van der Waals surface area contributed by atoms with Gasteiger partial charge < -0.3 is 9.64 Å². The molecular formula is C14H10ClFN4O. The van der Waals surface area contributed by atoms with Gasteiger partial charge >= 0.3 is 0 Å². The lowest BCUT2D eigenvalue weighted by Gasteiger charge is -2.30. The zero-order chi connectivity index (χ0) is 14.8. The SMILES string of the molecule is N#CCc1ccc(N2CCOc3c(Cl)ncnc32)c(F)c1. The molecule has 2 heterocycles. The van der Waals surface area contributed by atoms with E-state index in [-0.39, 0.29) is 11.6 Å². The molecule has 5 nitrogen and oxygen atoms in total. The second-order valence-electron chi connectivity index (χ2n) is 4.44. The predicted molar refractivity (Wildman–Crippen MR) is 75.3 cm³/mol. The van der Waals surface area contributed by atoms with Crippen LogP contribution in [0.1, 0.15) is 5.56 Å². The molecule has 0 atom stereocenters. The Bertz CT molecular complexity index is 731. The van der Waals surface area contributed by atoms with E-state index in [2.05, 4.69) is 9.97 Å². The fraction of sp³-hybridized carbons (Fsp3) is 0.214. The molecule has 1 aromatic heterocycles. The number of fused-ring (bicyclic) bond motifs is 1. The molecule has 0 aliphatic carbocycles. The normalized spacial score (nSPS) is 13.3. The van der Waals surface area contributed by atoms with Crippen LogP contribution in [-0.4, -0.2) is 23.1 Å². The van der Waals surface area contributed by atoms with E-state index in [1.165, 1.54) is 12.4 Å². The number of rotatable bonds is 2. The van der Waals surface area contributed by atoms with E-state index in [1.807, 2.05) is 6.07 Å². The summed E-state index contributed by atoms with van der Waals surface area (Å²) < 4.78 is 19.7. The average Bonchev–Trinajstić information content (AvgIpc) is 2.48. The highest BCUT2D eigenvalue weighted by molar-refractivity contribution is 6.31. The number of hydrogen-bond acceptors (Lipinski definition) is 5. The highest BCUT2D eigenvalue weighted by atomic mass is 35.5. The van der Waals surface area contributed by atoms with E-state index in [1.54, 1.807) is 17.0 Å². The second-order valence-corrected chi connectivity index (χ2v) is 4.80. The number of nitrogens with zero attached hydrogens (tertiary/aromatic N) is 4. The van der Waals surface area contributed by atoms with Gasteiger partial charge in [-0.3, -0.25) is 0 Å². The smallest absolute Gasteiger partial charge is 0.199 e. The van der Waals surface area contributed by atoms with Gasteiger partial charge in [-0.05, 0) is 17.7 Å². The van der Waals surface area contributed by atoms with Gasteiger partial charge in [0.1, 0.15) is 18.8 Å². The van der Waals surface area contributed by atoms with Crippen LogP contribution in [-0.2, 0) is 6.42 Å². The van der Waals surface area contributed by atoms with Gasteiger partial charge in [0.15, 0.2) is 16.7 Å². The molecule has 21 heavy (non-hydrogen) atoms. The number of benzene rings is 1. The number of aromatic nitrogens is 2. The van der Waals surface area contributed by atoms with Crippen molar-refractivity contribution in [1.82, 2.24) is 9.97 Å². The predicted octanol–water partition coefficient (Wildman–Crippen LogP) is 2.87. The zero-order valence-corrected chi connectivity index (χ0v) is 11.6. The van der Waals surface area contributed by atoms with Gasteiger partial charge in [-0.25, -0.2) is 14.4 Å². The summed E-state index contributed by atoms with van der Waals surface area (Å²) in [4.78, 5) is 9.67. The van der Waals surface area contributed by atoms with Crippen LogP contribution < -0.4 is 9.64 Å². The first kappa shape index (κ1) is 13.6. The van der Waals surface area contributed by atoms with E-state index >= 15 is 0 Å². The third kappa shape index (κ3) is 2.48. The summed E-state index contributed by atoms with van der Waals surface area (Å²) in [7, 11) is 0. The van der Waals surface area contributed by atoms with Gasteiger partial charge in [-0.2, -0.15) is 5.26 Å². The molecule has 0 saturated carbocycles. The third-order valence-corrected chi connectivity index (χ3v) is 3.41. The lowest BCUT2D eigenvalue weighted by atomic mass is 10.1. The van der Waals surface area contributed by atoms with Crippen molar-refractivity contribution in [2.24, 2.45) is 0 Å². The van der Waals surface area contributed by atoms with Crippen molar-refractivity contribution >= 4 is 23.1 Å². The molecule has 0 spiro atoms. The summed E-state index contributed by atoms with van der Waals surface area (Å²) >= 11 is 5.97. The third-order valence-electron chi connectivity index (χ3n) is 3.14. The summed E-state index contributed by atoms with van der Waals surface area (Å²) in [5.74, 6) is 0.379. The number of nitriles is 1. The van der Waals surface area contributed by atoms with Crippen LogP contribution >= 0.6 is 11.6 Å². The molecule has 1 aliphatic rings. The second kappa shape index (κ2) is 5.54. The molecule has 3 rings (SSSR count). The number of halogens is 2. The quantitative estimate of drug-likeness (QED) is 0.798. The largest absolute Gasteiger partial charge is 0.485 e. The van der Waals surface area contributed by atoms with E-state index in [9.17, 15) is 4.39 Å². The topological polar surface area (TPSA) is 62.0 Å². The lowest BCUT2D eigenvalue weighted by molar-refractivity contribution is 0.310. The Morgan fingerprint density at radius 1 is 1.43 bits per heavy atom. The minimum atomic E-state index is -0.412. The lowest BCUT2D eigenvalue weighted by Crippen LogP contribution is -2.30. The first-order valence-corrected chi connectivity index (χ1v) is 6.64. The Hall–Kier alpha value is -2.39. The average molecular weight is 305 g/mol. The molecule has 0 bridgehead atoms. The van der Waals surface area contributed by atoms with Crippen molar-refractivity contribution in [2.75, 3.05) is 18.1 Å². The number of ether oxygens (including phenoxy) is 1. The van der Waals surface area contributed by atoms with Gasteiger partial charge in [0, 0.05) is 0 Å². The van der Waals surface area contributed by atoms with Gasteiger partial charge in [-0.15, -0.1) is 0 Å². The summed E-state index contributed by atoms with van der Waals surface area (Å²) in [5.41, 5.74) is 1.00. The Kier molecular flexibility index (Phi) is 3.59. The Balaban J connectivity index is 2.03. The van der Waals surface area contributed by atoms with Gasteiger partial charge in [-0.1, -0.05) is 17.7 Å². The van der Waals surface area contributed by atoms with Crippen molar-refractivity contribution in [2.45, 2.75) is 6.42 Å². The van der Waals surface area contributed by atoms with Gasteiger partial charge in [0.25, 0.3) is 0 Å². The molecular weight excluding hydrogens is 295 g/mol. The fourth-order valence-corrected chi connectivity index (χ4v) is 2.39. The fourth-order valence-electron chi connectivity index (χ4n) is 2.21. The molecule has 1 aliphatic heterocycles. The Morgan fingerprint density at radius 3 is 3.05 bits per heavy atom. The van der Waals surface area contributed by atoms with Crippen LogP contribution in [0.2, 0.25) is 5.15 Å². The van der Waals surface area contributed by atoms with Crippen LogP contribution in [0.3, 0.4) is 0 Å². The number of hydrogen-bond donors (Lipinski definition) is 0. The molecule has 1 aromatic carbocycles. The molecule has 0 radical (unpaired) electrons. The highest BCUT2D eigenvalue weighted by Gasteiger charge is 2.25. The van der Waals surface area contributed by atoms with Crippen molar-refractivity contribution in [1.29, 1.82) is 5.26 Å². The van der Waals surface area contributed by atoms with Crippen molar-refractivity contribution < 1.29 is 9.13 Å². The molecule has 0 amide bonds. The van der Waals surface area contributed by atoms with Crippen LogP contribution in [0.4, 0.5) is 15.9 Å². The summed E-state index contributed by atoms with van der Waals surface area (Å²) in [6.45, 7) is 0.814. The van der Waals surface area contributed by atoms with Crippen LogP contribution in [0, 0.1) is 17.1 Å². The van der Waals surface area contributed by atoms with Crippen LogP contribution in [0.25, 0.3) is 0 Å². The maximum atomic E-state index is 14.3. The van der Waals surface area contributed by atoms with Gasteiger partial charge in [0.05, 0.1) is 24.7 Å². The molecule has 0 unspecified atom stereocenters. The van der Waals surface area contributed by atoms with E-state index in [0.717, 1.165) is 0 Å². The first-order chi connectivity index (χ1) is 10.2. The molecule has 7 heteroatoms. The summed E-state index contributed by atoms with van der Waals surface area (Å²) in [5, 5.41) is 8.86.